The van der Waals surface area contributed by atoms with E-state index >= 15 is 0 Å². The highest BCUT2D eigenvalue weighted by Gasteiger charge is 2.08. The quantitative estimate of drug-likeness (QED) is 0.518. The zero-order valence-corrected chi connectivity index (χ0v) is 17.5. The lowest BCUT2D eigenvalue weighted by Gasteiger charge is -2.16. The summed E-state index contributed by atoms with van der Waals surface area (Å²) in [6.07, 6.45) is 3.29. The fourth-order valence-electron chi connectivity index (χ4n) is 2.27. The molecule has 158 valence electrons. The van der Waals surface area contributed by atoms with Crippen molar-refractivity contribution in [2.45, 2.75) is 39.5 Å². The van der Waals surface area contributed by atoms with Crippen LogP contribution in [0.1, 0.15) is 39.5 Å². The van der Waals surface area contributed by atoms with E-state index in [1.54, 1.807) is 24.3 Å². The van der Waals surface area contributed by atoms with E-state index in [1.807, 2.05) is 23.9 Å². The Morgan fingerprint density at radius 2 is 1.14 bits per heavy atom. The number of hydrogen-bond donors (Lipinski definition) is 2. The van der Waals surface area contributed by atoms with Gasteiger partial charge in [-0.3, -0.25) is 20.4 Å². The summed E-state index contributed by atoms with van der Waals surface area (Å²) in [5, 5.41) is 5.31. The number of nitrogens with zero attached hydrogens (tertiary/aromatic N) is 2. The van der Waals surface area contributed by atoms with Crippen molar-refractivity contribution in [2.75, 3.05) is 51.3 Å². The molecule has 0 saturated carbocycles. The van der Waals surface area contributed by atoms with Crippen molar-refractivity contribution >= 4 is 23.6 Å². The average Bonchev–Trinajstić information content (AvgIpc) is 2.69. The second-order valence-corrected chi connectivity index (χ2v) is 6.82. The topological polar surface area (TPSA) is 83.1 Å². The van der Waals surface area contributed by atoms with Gasteiger partial charge in [0.05, 0.1) is 0 Å². The Kier molecular flexibility index (Phi) is 11.7. The third-order valence-electron chi connectivity index (χ3n) is 4.00. The van der Waals surface area contributed by atoms with Gasteiger partial charge in [0, 0.05) is 24.5 Å². The van der Waals surface area contributed by atoms with Crippen LogP contribution in [0.25, 0.3) is 0 Å². The highest BCUT2D eigenvalue weighted by Crippen LogP contribution is 2.14. The van der Waals surface area contributed by atoms with Gasteiger partial charge in [0.25, 0.3) is 0 Å². The number of hydrogen-bond acceptors (Lipinski definition) is 6. The van der Waals surface area contributed by atoms with Crippen molar-refractivity contribution in [3.8, 4) is 0 Å². The first kappa shape index (κ1) is 23.7. The maximum Gasteiger partial charge on any atom is 0.412 e. The van der Waals surface area contributed by atoms with Gasteiger partial charge >= 0.3 is 12.2 Å². The largest absolute Gasteiger partial charge is 0.433 e. The maximum atomic E-state index is 11.8. The molecule has 1 aromatic rings. The van der Waals surface area contributed by atoms with Gasteiger partial charge in [-0.1, -0.05) is 26.7 Å². The highest BCUT2D eigenvalue weighted by molar-refractivity contribution is 5.87. The maximum absolute atomic E-state index is 11.8. The summed E-state index contributed by atoms with van der Waals surface area (Å²) in [6.45, 7) is 6.48. The summed E-state index contributed by atoms with van der Waals surface area (Å²) in [7, 11) is 3.81. The van der Waals surface area contributed by atoms with Gasteiger partial charge in [-0.25, -0.2) is 9.59 Å². The summed E-state index contributed by atoms with van der Waals surface area (Å²) < 4.78 is 10.3. The summed E-state index contributed by atoms with van der Waals surface area (Å²) in [4.78, 5) is 27.5. The van der Waals surface area contributed by atoms with Crippen molar-refractivity contribution in [1.82, 2.24) is 9.80 Å². The minimum atomic E-state index is -0.515. The summed E-state index contributed by atoms with van der Waals surface area (Å²) >= 11 is 0. The lowest BCUT2D eigenvalue weighted by Crippen LogP contribution is -2.27. The molecule has 0 bridgehead atoms. The second kappa shape index (κ2) is 13.8. The summed E-state index contributed by atoms with van der Waals surface area (Å²) in [5.74, 6) is 0. The normalized spacial score (nSPS) is 10.8. The Hall–Kier alpha value is -2.32. The molecule has 0 unspecified atom stereocenters. The molecular formula is C20H34N4O4. The Bertz CT molecular complexity index is 529. The first-order valence-corrected chi connectivity index (χ1v) is 9.79. The zero-order valence-electron chi connectivity index (χ0n) is 17.5. The first-order valence-electron chi connectivity index (χ1n) is 9.79. The SMILES string of the molecule is CCCCN(C)COC(=O)Nc1ccc(NC(=O)OCN(C)CCCC)cc1. The van der Waals surface area contributed by atoms with E-state index in [-0.39, 0.29) is 13.5 Å². The molecule has 0 aliphatic rings. The summed E-state index contributed by atoms with van der Waals surface area (Å²) in [5.41, 5.74) is 1.17. The predicted molar refractivity (Wildman–Crippen MR) is 111 cm³/mol. The molecule has 2 N–H and O–H groups in total. The average molecular weight is 395 g/mol. The molecule has 1 aromatic carbocycles. The van der Waals surface area contributed by atoms with Crippen LogP contribution in [0.3, 0.4) is 0 Å². The second-order valence-electron chi connectivity index (χ2n) is 6.82. The Morgan fingerprint density at radius 1 is 0.786 bits per heavy atom. The standard InChI is InChI=1S/C20H34N4O4/c1-5-7-13-23(3)15-27-19(25)21-17-9-11-18(12-10-17)22-20(26)28-16-24(4)14-8-6-2/h9-12H,5-8,13-16H2,1-4H3,(H,21,25)(H,22,26). The molecular weight excluding hydrogens is 360 g/mol. The number of anilines is 2. The van der Waals surface area contributed by atoms with E-state index < -0.39 is 12.2 Å². The molecule has 0 saturated heterocycles. The fraction of sp³-hybridized carbons (Fsp3) is 0.600. The van der Waals surface area contributed by atoms with E-state index in [0.29, 0.717) is 11.4 Å². The number of carbonyl (C=O) groups is 2. The Labute approximate surface area is 168 Å². The van der Waals surface area contributed by atoms with Crippen LogP contribution in [-0.4, -0.2) is 62.6 Å². The van der Waals surface area contributed by atoms with E-state index in [4.69, 9.17) is 9.47 Å². The number of unbranched alkanes of at least 4 members (excludes halogenated alkanes) is 2. The number of ether oxygens (including phenoxy) is 2. The molecule has 2 amide bonds. The van der Waals surface area contributed by atoms with E-state index in [2.05, 4.69) is 24.5 Å². The van der Waals surface area contributed by atoms with Crippen LogP contribution in [0.4, 0.5) is 21.0 Å². The molecule has 0 radical (unpaired) electrons. The molecule has 28 heavy (non-hydrogen) atoms. The van der Waals surface area contributed by atoms with Crippen molar-refractivity contribution in [1.29, 1.82) is 0 Å². The smallest absolute Gasteiger partial charge is 0.412 e. The van der Waals surface area contributed by atoms with Gasteiger partial charge in [0.1, 0.15) is 13.5 Å². The van der Waals surface area contributed by atoms with Gasteiger partial charge in [0.2, 0.25) is 0 Å². The molecule has 8 heteroatoms. The van der Waals surface area contributed by atoms with Gasteiger partial charge in [-0.15, -0.1) is 0 Å². The molecule has 0 atom stereocenters. The van der Waals surface area contributed by atoms with Crippen LogP contribution in [0.2, 0.25) is 0 Å². The molecule has 0 aliphatic carbocycles. The predicted octanol–water partition coefficient (Wildman–Crippen LogP) is 4.16. The van der Waals surface area contributed by atoms with Gasteiger partial charge in [-0.05, 0) is 51.2 Å². The third-order valence-corrected chi connectivity index (χ3v) is 4.00. The van der Waals surface area contributed by atoms with Crippen molar-refractivity contribution in [2.24, 2.45) is 0 Å². The Morgan fingerprint density at radius 3 is 1.46 bits per heavy atom. The molecule has 1 rings (SSSR count). The number of amides is 2. The van der Waals surface area contributed by atoms with Crippen LogP contribution in [0, 0.1) is 0 Å². The highest BCUT2D eigenvalue weighted by atomic mass is 16.6. The van der Waals surface area contributed by atoms with Gasteiger partial charge in [-0.2, -0.15) is 0 Å². The minimum Gasteiger partial charge on any atom is -0.433 e. The molecule has 0 spiro atoms. The third kappa shape index (κ3) is 10.7. The van der Waals surface area contributed by atoms with E-state index in [9.17, 15) is 9.59 Å². The monoisotopic (exact) mass is 394 g/mol. The number of carbonyl (C=O) groups excluding carboxylic acids is 2. The lowest BCUT2D eigenvalue weighted by molar-refractivity contribution is 0.0921. The van der Waals surface area contributed by atoms with Crippen LogP contribution in [0.5, 0.6) is 0 Å². The fourth-order valence-corrected chi connectivity index (χ4v) is 2.27. The number of rotatable bonds is 12. The number of nitrogens with one attached hydrogen (secondary N) is 2. The molecule has 0 aliphatic heterocycles. The van der Waals surface area contributed by atoms with E-state index in [1.165, 1.54) is 0 Å². The van der Waals surface area contributed by atoms with Crippen molar-refractivity contribution in [3.63, 3.8) is 0 Å². The van der Waals surface area contributed by atoms with Crippen molar-refractivity contribution < 1.29 is 19.1 Å². The molecule has 8 nitrogen and oxygen atoms in total. The van der Waals surface area contributed by atoms with Crippen LogP contribution in [-0.2, 0) is 9.47 Å². The molecule has 0 fully saturated rings. The zero-order chi connectivity index (χ0) is 20.8. The van der Waals surface area contributed by atoms with Gasteiger partial charge in [0.15, 0.2) is 0 Å². The minimum absolute atomic E-state index is 0.240. The van der Waals surface area contributed by atoms with Gasteiger partial charge < -0.3 is 9.47 Å². The lowest BCUT2D eigenvalue weighted by atomic mass is 10.3. The van der Waals surface area contributed by atoms with Crippen LogP contribution >= 0.6 is 0 Å². The molecule has 0 aromatic heterocycles. The van der Waals surface area contributed by atoms with Crippen LogP contribution < -0.4 is 10.6 Å². The Balaban J connectivity index is 2.32. The summed E-state index contributed by atoms with van der Waals surface area (Å²) in [6, 6.07) is 6.74. The van der Waals surface area contributed by atoms with Crippen LogP contribution in [0.15, 0.2) is 24.3 Å². The van der Waals surface area contributed by atoms with E-state index in [0.717, 1.165) is 38.8 Å². The number of benzene rings is 1. The molecule has 0 heterocycles. The van der Waals surface area contributed by atoms with Crippen molar-refractivity contribution in [3.05, 3.63) is 24.3 Å². The first-order chi connectivity index (χ1) is 13.4.